The molecule has 0 radical (unpaired) electrons. The van der Waals surface area contributed by atoms with E-state index in [-0.39, 0.29) is 10.0 Å². The Morgan fingerprint density at radius 3 is 2.29 bits per heavy atom. The highest BCUT2D eigenvalue weighted by Crippen LogP contribution is 2.24. The standard InChI is InChI=1S/C14H14BrClN2O2S/c1-14(2,10-3-5-11(15)6-4-10)18-21(19,20)12-7-8-13(16)17-9-12/h3-9,18H,1-2H3. The van der Waals surface area contributed by atoms with Crippen LogP contribution in [0.3, 0.4) is 0 Å². The first kappa shape index (κ1) is 16.4. The average Bonchev–Trinajstić information content (AvgIpc) is 2.38. The van der Waals surface area contributed by atoms with Crippen LogP contribution in [0.1, 0.15) is 19.4 Å². The molecule has 0 atom stereocenters. The van der Waals surface area contributed by atoms with E-state index in [9.17, 15) is 8.42 Å². The monoisotopic (exact) mass is 388 g/mol. The second-order valence-electron chi connectivity index (χ2n) is 5.05. The van der Waals surface area contributed by atoms with Crippen LogP contribution in [0.25, 0.3) is 0 Å². The fourth-order valence-corrected chi connectivity index (χ4v) is 3.56. The van der Waals surface area contributed by atoms with Gasteiger partial charge in [-0.25, -0.2) is 18.1 Å². The van der Waals surface area contributed by atoms with Gasteiger partial charge in [-0.3, -0.25) is 0 Å². The minimum atomic E-state index is -3.68. The maximum absolute atomic E-state index is 12.4. The Kier molecular flexibility index (Phi) is 4.72. The van der Waals surface area contributed by atoms with Crippen LogP contribution in [-0.4, -0.2) is 13.4 Å². The van der Waals surface area contributed by atoms with E-state index in [1.165, 1.54) is 18.3 Å². The van der Waals surface area contributed by atoms with Gasteiger partial charge in [0.15, 0.2) is 0 Å². The Labute approximate surface area is 137 Å². The van der Waals surface area contributed by atoms with Crippen molar-refractivity contribution in [2.75, 3.05) is 0 Å². The summed E-state index contributed by atoms with van der Waals surface area (Å²) in [6.07, 6.45) is 1.24. The van der Waals surface area contributed by atoms with Crippen molar-refractivity contribution in [3.05, 3.63) is 57.8 Å². The topological polar surface area (TPSA) is 59.1 Å². The predicted octanol–water partition coefficient (Wildman–Crippen LogP) is 3.71. The molecule has 1 heterocycles. The van der Waals surface area contributed by atoms with Crippen LogP contribution in [-0.2, 0) is 15.6 Å². The Morgan fingerprint density at radius 2 is 1.76 bits per heavy atom. The van der Waals surface area contributed by atoms with Crippen molar-refractivity contribution in [1.82, 2.24) is 9.71 Å². The molecule has 0 aliphatic heterocycles. The van der Waals surface area contributed by atoms with Crippen LogP contribution in [0.2, 0.25) is 5.15 Å². The molecular formula is C14H14BrClN2O2S. The smallest absolute Gasteiger partial charge is 0.242 e. The zero-order chi connectivity index (χ0) is 15.7. The second-order valence-corrected chi connectivity index (χ2v) is 8.04. The van der Waals surface area contributed by atoms with Crippen molar-refractivity contribution in [2.24, 2.45) is 0 Å². The van der Waals surface area contributed by atoms with Gasteiger partial charge in [-0.05, 0) is 43.7 Å². The molecule has 0 spiro atoms. The molecule has 2 aromatic rings. The fraction of sp³-hybridized carbons (Fsp3) is 0.214. The molecule has 0 amide bonds. The summed E-state index contributed by atoms with van der Waals surface area (Å²) >= 11 is 9.03. The molecule has 0 fully saturated rings. The highest BCUT2D eigenvalue weighted by molar-refractivity contribution is 9.10. The predicted molar refractivity (Wildman–Crippen MR) is 86.7 cm³/mol. The third kappa shape index (κ3) is 4.03. The Bertz CT molecular complexity index is 729. The van der Waals surface area contributed by atoms with Crippen LogP contribution in [0.15, 0.2) is 52.0 Å². The summed E-state index contributed by atoms with van der Waals surface area (Å²) in [6.45, 7) is 3.61. The number of nitrogens with one attached hydrogen (secondary N) is 1. The molecule has 7 heteroatoms. The molecule has 2 rings (SSSR count). The van der Waals surface area contributed by atoms with Gasteiger partial charge in [-0.2, -0.15) is 0 Å². The molecule has 1 aromatic heterocycles. The van der Waals surface area contributed by atoms with Gasteiger partial charge in [-0.1, -0.05) is 39.7 Å². The summed E-state index contributed by atoms with van der Waals surface area (Å²) < 4.78 is 28.4. The number of hydrogen-bond donors (Lipinski definition) is 1. The number of rotatable bonds is 4. The highest BCUT2D eigenvalue weighted by Gasteiger charge is 2.28. The molecule has 1 aromatic carbocycles. The first-order chi connectivity index (χ1) is 9.71. The molecule has 0 saturated carbocycles. The van der Waals surface area contributed by atoms with Crippen LogP contribution >= 0.6 is 27.5 Å². The molecule has 0 aliphatic carbocycles. The van der Waals surface area contributed by atoms with Gasteiger partial charge in [0.1, 0.15) is 10.0 Å². The number of sulfonamides is 1. The number of nitrogens with zero attached hydrogens (tertiary/aromatic N) is 1. The summed E-state index contributed by atoms with van der Waals surface area (Å²) in [4.78, 5) is 3.88. The van der Waals surface area contributed by atoms with E-state index < -0.39 is 15.6 Å². The molecule has 0 aliphatic rings. The second kappa shape index (κ2) is 6.04. The lowest BCUT2D eigenvalue weighted by atomic mass is 9.96. The zero-order valence-corrected chi connectivity index (χ0v) is 14.6. The number of halogens is 2. The molecule has 21 heavy (non-hydrogen) atoms. The van der Waals surface area contributed by atoms with E-state index in [1.54, 1.807) is 13.8 Å². The number of pyridine rings is 1. The summed E-state index contributed by atoms with van der Waals surface area (Å²) in [7, 11) is -3.68. The van der Waals surface area contributed by atoms with E-state index in [1.807, 2.05) is 24.3 Å². The van der Waals surface area contributed by atoms with Gasteiger partial charge >= 0.3 is 0 Å². The summed E-state index contributed by atoms with van der Waals surface area (Å²) in [5.74, 6) is 0. The third-order valence-corrected chi connectivity index (χ3v) is 5.36. The van der Waals surface area contributed by atoms with Crippen LogP contribution in [0.4, 0.5) is 0 Å². The quantitative estimate of drug-likeness (QED) is 0.811. The maximum atomic E-state index is 12.4. The van der Waals surface area contributed by atoms with Gasteiger partial charge in [0.25, 0.3) is 0 Å². The molecule has 0 saturated heterocycles. The Morgan fingerprint density at radius 1 is 1.14 bits per heavy atom. The van der Waals surface area contributed by atoms with Crippen molar-refractivity contribution < 1.29 is 8.42 Å². The van der Waals surface area contributed by atoms with E-state index in [0.29, 0.717) is 0 Å². The van der Waals surface area contributed by atoms with Gasteiger partial charge in [0.2, 0.25) is 10.0 Å². The van der Waals surface area contributed by atoms with E-state index in [0.717, 1.165) is 10.0 Å². The number of hydrogen-bond acceptors (Lipinski definition) is 3. The van der Waals surface area contributed by atoms with Gasteiger partial charge in [0, 0.05) is 10.7 Å². The van der Waals surface area contributed by atoms with E-state index in [2.05, 4.69) is 25.6 Å². The fourth-order valence-electron chi connectivity index (χ4n) is 1.84. The molecule has 0 unspecified atom stereocenters. The number of benzene rings is 1. The van der Waals surface area contributed by atoms with Crippen molar-refractivity contribution in [1.29, 1.82) is 0 Å². The minimum Gasteiger partial charge on any atom is -0.243 e. The van der Waals surface area contributed by atoms with Crippen molar-refractivity contribution in [2.45, 2.75) is 24.3 Å². The summed E-state index contributed by atoms with van der Waals surface area (Å²) in [5, 5.41) is 0.251. The lowest BCUT2D eigenvalue weighted by molar-refractivity contribution is 0.472. The molecule has 112 valence electrons. The van der Waals surface area contributed by atoms with E-state index >= 15 is 0 Å². The maximum Gasteiger partial charge on any atom is 0.242 e. The van der Waals surface area contributed by atoms with Crippen molar-refractivity contribution >= 4 is 37.6 Å². The molecule has 0 bridgehead atoms. The Hall–Kier alpha value is -0.950. The van der Waals surface area contributed by atoms with Crippen LogP contribution in [0, 0.1) is 0 Å². The third-order valence-electron chi connectivity index (χ3n) is 2.97. The van der Waals surface area contributed by atoms with Crippen molar-refractivity contribution in [3.8, 4) is 0 Å². The summed E-state index contributed by atoms with van der Waals surface area (Å²) in [6, 6.07) is 10.3. The first-order valence-electron chi connectivity index (χ1n) is 6.12. The average molecular weight is 390 g/mol. The zero-order valence-electron chi connectivity index (χ0n) is 11.5. The number of aromatic nitrogens is 1. The first-order valence-corrected chi connectivity index (χ1v) is 8.78. The van der Waals surface area contributed by atoms with Gasteiger partial charge in [-0.15, -0.1) is 0 Å². The van der Waals surface area contributed by atoms with E-state index in [4.69, 9.17) is 11.6 Å². The minimum absolute atomic E-state index is 0.0806. The summed E-state index contributed by atoms with van der Waals surface area (Å²) in [5.41, 5.74) is 0.107. The SMILES string of the molecule is CC(C)(NS(=O)(=O)c1ccc(Cl)nc1)c1ccc(Br)cc1. The van der Waals surface area contributed by atoms with Crippen molar-refractivity contribution in [3.63, 3.8) is 0 Å². The Balaban J connectivity index is 2.30. The molecule has 4 nitrogen and oxygen atoms in total. The molecular weight excluding hydrogens is 376 g/mol. The normalized spacial score (nSPS) is 12.4. The molecule has 1 N–H and O–H groups in total. The lowest BCUT2D eigenvalue weighted by Crippen LogP contribution is -2.40. The lowest BCUT2D eigenvalue weighted by Gasteiger charge is -2.26. The van der Waals surface area contributed by atoms with Gasteiger partial charge < -0.3 is 0 Å². The van der Waals surface area contributed by atoms with Crippen LogP contribution < -0.4 is 4.72 Å². The highest BCUT2D eigenvalue weighted by atomic mass is 79.9. The van der Waals surface area contributed by atoms with Crippen LogP contribution in [0.5, 0.6) is 0 Å². The van der Waals surface area contributed by atoms with Gasteiger partial charge in [0.05, 0.1) is 5.54 Å². The largest absolute Gasteiger partial charge is 0.243 e.